The Morgan fingerprint density at radius 1 is 0.969 bits per heavy atom. The number of amides is 1. The van der Waals surface area contributed by atoms with E-state index >= 15 is 0 Å². The maximum Gasteiger partial charge on any atom is 0.266 e. The first-order chi connectivity index (χ1) is 15.4. The van der Waals surface area contributed by atoms with E-state index in [2.05, 4.69) is 44.7 Å². The number of ether oxygens (including phenoxy) is 2. The average molecular weight is 456 g/mol. The molecule has 0 bridgehead atoms. The van der Waals surface area contributed by atoms with Crippen molar-refractivity contribution in [2.24, 2.45) is 0 Å². The van der Waals surface area contributed by atoms with Crippen LogP contribution < -0.4 is 14.4 Å². The fourth-order valence-electron chi connectivity index (χ4n) is 3.61. The first-order valence-corrected chi connectivity index (χ1v) is 12.0. The zero-order valence-corrected chi connectivity index (χ0v) is 20.5. The normalized spacial score (nSPS) is 11.2. The van der Waals surface area contributed by atoms with Crippen molar-refractivity contribution in [2.45, 2.75) is 34.6 Å². The van der Waals surface area contributed by atoms with Gasteiger partial charge in [-0.1, -0.05) is 31.3 Å². The predicted molar refractivity (Wildman–Crippen MR) is 132 cm³/mol. The van der Waals surface area contributed by atoms with Crippen molar-refractivity contribution >= 4 is 32.6 Å². The Balaban J connectivity index is 1.78. The van der Waals surface area contributed by atoms with E-state index in [0.29, 0.717) is 18.9 Å². The van der Waals surface area contributed by atoms with E-state index in [9.17, 15) is 4.79 Å². The van der Waals surface area contributed by atoms with Gasteiger partial charge in [0.2, 0.25) is 0 Å². The summed E-state index contributed by atoms with van der Waals surface area (Å²) in [5.41, 5.74) is 3.30. The molecule has 7 heteroatoms. The maximum atomic E-state index is 13.2. The van der Waals surface area contributed by atoms with E-state index < -0.39 is 0 Å². The largest absolute Gasteiger partial charge is 0.494 e. The number of nitrogens with zero attached hydrogens (tertiary/aromatic N) is 3. The Morgan fingerprint density at radius 3 is 2.25 bits per heavy atom. The van der Waals surface area contributed by atoms with Crippen LogP contribution in [0.5, 0.6) is 11.5 Å². The second kappa shape index (κ2) is 11.3. The molecule has 3 rings (SSSR count). The van der Waals surface area contributed by atoms with Gasteiger partial charge in [-0.25, -0.2) is 4.98 Å². The zero-order valence-electron chi connectivity index (χ0n) is 19.7. The molecular weight excluding hydrogens is 422 g/mol. The molecule has 32 heavy (non-hydrogen) atoms. The van der Waals surface area contributed by atoms with Gasteiger partial charge in [0.15, 0.2) is 11.7 Å². The smallest absolute Gasteiger partial charge is 0.266 e. The fraction of sp³-hybridized carbons (Fsp3) is 0.440. The molecule has 6 nitrogen and oxygen atoms in total. The summed E-state index contributed by atoms with van der Waals surface area (Å²) in [6, 6.07) is 11.6. The Hall–Kier alpha value is -2.64. The SMILES string of the molecule is CCOc1ccc(OCC(=O)N(CCN(CC)CC)c2nc3cc(C)cc(C)c3s2)cc1. The number of likely N-dealkylation sites (N-methyl/N-ethyl adjacent to an activating group) is 1. The minimum absolute atomic E-state index is 0.0415. The van der Waals surface area contributed by atoms with E-state index in [1.54, 1.807) is 16.2 Å². The van der Waals surface area contributed by atoms with Gasteiger partial charge < -0.3 is 14.4 Å². The lowest BCUT2D eigenvalue weighted by molar-refractivity contribution is -0.120. The van der Waals surface area contributed by atoms with E-state index in [4.69, 9.17) is 14.5 Å². The number of aryl methyl sites for hydroxylation is 2. The summed E-state index contributed by atoms with van der Waals surface area (Å²) in [6.45, 7) is 14.2. The summed E-state index contributed by atoms with van der Waals surface area (Å²) in [7, 11) is 0. The average Bonchev–Trinajstić information content (AvgIpc) is 3.20. The van der Waals surface area contributed by atoms with Crippen molar-refractivity contribution < 1.29 is 14.3 Å². The van der Waals surface area contributed by atoms with Crippen LogP contribution in [-0.4, -0.2) is 55.2 Å². The number of thiazole rings is 1. The number of fused-ring (bicyclic) bond motifs is 1. The quantitative estimate of drug-likeness (QED) is 0.404. The van der Waals surface area contributed by atoms with Crippen molar-refractivity contribution in [1.82, 2.24) is 9.88 Å². The monoisotopic (exact) mass is 455 g/mol. The van der Waals surface area contributed by atoms with Gasteiger partial charge in [0.1, 0.15) is 11.5 Å². The number of carbonyl (C=O) groups is 1. The molecule has 0 radical (unpaired) electrons. The van der Waals surface area contributed by atoms with Crippen LogP contribution in [0.25, 0.3) is 10.2 Å². The molecule has 0 aliphatic carbocycles. The van der Waals surface area contributed by atoms with Crippen molar-refractivity contribution in [3.63, 3.8) is 0 Å². The Morgan fingerprint density at radius 2 is 1.62 bits per heavy atom. The lowest BCUT2D eigenvalue weighted by Crippen LogP contribution is -2.41. The molecule has 3 aromatic rings. The number of carbonyl (C=O) groups excluding carboxylic acids is 1. The van der Waals surface area contributed by atoms with Crippen LogP contribution in [0.3, 0.4) is 0 Å². The molecule has 0 atom stereocenters. The Kier molecular flexibility index (Phi) is 8.47. The summed E-state index contributed by atoms with van der Waals surface area (Å²) >= 11 is 1.57. The highest BCUT2D eigenvalue weighted by Gasteiger charge is 2.21. The summed E-state index contributed by atoms with van der Waals surface area (Å²) in [6.07, 6.45) is 0. The molecule has 0 aliphatic heterocycles. The van der Waals surface area contributed by atoms with Crippen LogP contribution in [0.4, 0.5) is 5.13 Å². The van der Waals surface area contributed by atoms with Crippen LogP contribution in [0.15, 0.2) is 36.4 Å². The van der Waals surface area contributed by atoms with Crippen molar-refractivity contribution in [3.05, 3.63) is 47.5 Å². The number of aromatic nitrogens is 1. The third-order valence-corrected chi connectivity index (χ3v) is 6.60. The number of anilines is 1. The number of benzene rings is 2. The van der Waals surface area contributed by atoms with E-state index in [1.165, 1.54) is 11.1 Å². The molecule has 0 N–H and O–H groups in total. The standard InChI is InChI=1S/C25H33N3O3S/c1-6-27(7-2)13-14-28(25-26-22-16-18(4)15-19(5)24(22)32-25)23(29)17-31-21-11-9-20(10-12-21)30-8-3/h9-12,15-16H,6-8,13-14,17H2,1-5H3. The minimum atomic E-state index is -0.0977. The number of hydrogen-bond donors (Lipinski definition) is 0. The van der Waals surface area contributed by atoms with Gasteiger partial charge in [-0.05, 0) is 75.3 Å². The van der Waals surface area contributed by atoms with Crippen LogP contribution in [0.2, 0.25) is 0 Å². The molecule has 0 unspecified atom stereocenters. The van der Waals surface area contributed by atoms with Crippen LogP contribution in [-0.2, 0) is 4.79 Å². The highest BCUT2D eigenvalue weighted by Crippen LogP contribution is 2.32. The molecule has 0 fully saturated rings. The van der Waals surface area contributed by atoms with Gasteiger partial charge >= 0.3 is 0 Å². The third-order valence-electron chi connectivity index (χ3n) is 5.37. The first-order valence-electron chi connectivity index (χ1n) is 11.2. The molecule has 2 aromatic carbocycles. The Labute approximate surface area is 194 Å². The van der Waals surface area contributed by atoms with E-state index in [1.807, 2.05) is 31.2 Å². The van der Waals surface area contributed by atoms with Gasteiger partial charge in [0.05, 0.1) is 16.8 Å². The summed E-state index contributed by atoms with van der Waals surface area (Å²) in [5.74, 6) is 1.33. The second-order valence-corrected chi connectivity index (χ2v) is 8.67. The molecule has 1 aromatic heterocycles. The molecule has 1 heterocycles. The molecule has 0 spiro atoms. The van der Waals surface area contributed by atoms with Crippen LogP contribution in [0, 0.1) is 13.8 Å². The number of rotatable bonds is 11. The van der Waals surface area contributed by atoms with Crippen LogP contribution >= 0.6 is 11.3 Å². The van der Waals surface area contributed by atoms with Crippen molar-refractivity contribution in [3.8, 4) is 11.5 Å². The number of hydrogen-bond acceptors (Lipinski definition) is 6. The van der Waals surface area contributed by atoms with Gasteiger partial charge in [-0.15, -0.1) is 0 Å². The summed E-state index contributed by atoms with van der Waals surface area (Å²) < 4.78 is 12.4. The first kappa shape index (κ1) is 24.0. The van der Waals surface area contributed by atoms with Gasteiger partial charge in [0.25, 0.3) is 5.91 Å². The van der Waals surface area contributed by atoms with Gasteiger partial charge in [-0.2, -0.15) is 0 Å². The topological polar surface area (TPSA) is 54.9 Å². The summed E-state index contributed by atoms with van der Waals surface area (Å²) in [5, 5.41) is 0.723. The fourth-order valence-corrected chi connectivity index (χ4v) is 4.67. The highest BCUT2D eigenvalue weighted by molar-refractivity contribution is 7.22. The third kappa shape index (κ3) is 5.99. The lowest BCUT2D eigenvalue weighted by atomic mass is 10.1. The van der Waals surface area contributed by atoms with Gasteiger partial charge in [0, 0.05) is 13.1 Å². The van der Waals surface area contributed by atoms with Crippen LogP contribution in [0.1, 0.15) is 31.9 Å². The minimum Gasteiger partial charge on any atom is -0.494 e. The summed E-state index contributed by atoms with van der Waals surface area (Å²) in [4.78, 5) is 22.1. The van der Waals surface area contributed by atoms with Crippen molar-refractivity contribution in [1.29, 1.82) is 0 Å². The molecular formula is C25H33N3O3S. The molecule has 172 valence electrons. The Bertz CT molecular complexity index is 1030. The predicted octanol–water partition coefficient (Wildman–Crippen LogP) is 5.07. The molecule has 1 amide bonds. The van der Waals surface area contributed by atoms with Crippen molar-refractivity contribution in [2.75, 3.05) is 44.3 Å². The molecule has 0 saturated carbocycles. The highest BCUT2D eigenvalue weighted by atomic mass is 32.1. The maximum absolute atomic E-state index is 13.2. The molecule has 0 saturated heterocycles. The van der Waals surface area contributed by atoms with Gasteiger partial charge in [-0.3, -0.25) is 9.69 Å². The zero-order chi connectivity index (χ0) is 23.1. The lowest BCUT2D eigenvalue weighted by Gasteiger charge is -2.24. The molecule has 0 aliphatic rings. The van der Waals surface area contributed by atoms with E-state index in [0.717, 1.165) is 40.7 Å². The second-order valence-electron chi connectivity index (χ2n) is 7.69. The van der Waals surface area contributed by atoms with E-state index in [-0.39, 0.29) is 12.5 Å².